The number of aliphatic imine (C=N–C) groups is 1. The summed E-state index contributed by atoms with van der Waals surface area (Å²) in [6.07, 6.45) is 4.00. The second-order valence-corrected chi connectivity index (χ2v) is 7.27. The van der Waals surface area contributed by atoms with E-state index in [1.807, 2.05) is 12.1 Å². The van der Waals surface area contributed by atoms with Gasteiger partial charge in [0.05, 0.1) is 19.3 Å². The van der Waals surface area contributed by atoms with Gasteiger partial charge in [-0.15, -0.1) is 0 Å². The highest BCUT2D eigenvalue weighted by molar-refractivity contribution is 5.80. The third kappa shape index (κ3) is 4.32. The Balaban J connectivity index is 1.72. The van der Waals surface area contributed by atoms with Gasteiger partial charge >= 0.3 is 0 Å². The first-order valence-corrected chi connectivity index (χ1v) is 10.3. The minimum absolute atomic E-state index is 0.128. The van der Waals surface area contributed by atoms with E-state index in [1.54, 1.807) is 7.11 Å². The van der Waals surface area contributed by atoms with Gasteiger partial charge in [0.1, 0.15) is 11.5 Å². The number of hydrogen-bond acceptors (Lipinski definition) is 4. The van der Waals surface area contributed by atoms with Crippen LogP contribution in [-0.4, -0.2) is 31.3 Å². The van der Waals surface area contributed by atoms with Crippen molar-refractivity contribution >= 4 is 5.96 Å². The van der Waals surface area contributed by atoms with Crippen molar-refractivity contribution in [1.82, 2.24) is 15.8 Å². The quantitative estimate of drug-likeness (QED) is 0.511. The maximum Gasteiger partial charge on any atom is 0.191 e. The number of methoxy groups -OCH3 is 1. The number of para-hydroxylation sites is 1. The Bertz CT molecular complexity index is 787. The van der Waals surface area contributed by atoms with Gasteiger partial charge in [0.2, 0.25) is 0 Å². The summed E-state index contributed by atoms with van der Waals surface area (Å²) in [5.41, 5.74) is 3.53. The van der Waals surface area contributed by atoms with Crippen LogP contribution in [0.25, 0.3) is 0 Å². The smallest absolute Gasteiger partial charge is 0.191 e. The maximum absolute atomic E-state index is 5.58. The molecule has 0 spiro atoms. The first-order chi connectivity index (χ1) is 13.7. The first-order valence-electron chi connectivity index (χ1n) is 10.3. The number of ether oxygens (including phenoxy) is 1. The number of rotatable bonds is 9. The third-order valence-corrected chi connectivity index (χ3v) is 5.47. The van der Waals surface area contributed by atoms with Crippen molar-refractivity contribution in [3.05, 3.63) is 46.8 Å². The van der Waals surface area contributed by atoms with E-state index in [0.717, 1.165) is 67.5 Å². The number of benzene rings is 1. The number of nitrogens with zero attached hydrogens (tertiary/aromatic N) is 2. The topological polar surface area (TPSA) is 71.7 Å². The molecule has 0 aliphatic heterocycles. The van der Waals surface area contributed by atoms with Crippen molar-refractivity contribution in [1.29, 1.82) is 0 Å². The lowest BCUT2D eigenvalue weighted by Gasteiger charge is -2.21. The van der Waals surface area contributed by atoms with Crippen LogP contribution in [0.4, 0.5) is 0 Å². The average molecular weight is 385 g/mol. The summed E-state index contributed by atoms with van der Waals surface area (Å²) in [7, 11) is 1.74. The molecule has 6 nitrogen and oxygen atoms in total. The standard InChI is InChI=1S/C22H32N4O2/c1-5-18-16(19(6-2)28-26-18)14-24-21(23-7-3)25-15-22(12-13-22)17-10-8-9-11-20(17)27-4/h8-11H,5-7,12-15H2,1-4H3,(H2,23,24,25). The van der Waals surface area contributed by atoms with Gasteiger partial charge < -0.3 is 19.9 Å². The fourth-order valence-electron chi connectivity index (χ4n) is 3.64. The van der Waals surface area contributed by atoms with E-state index in [9.17, 15) is 0 Å². The Morgan fingerprint density at radius 2 is 1.96 bits per heavy atom. The van der Waals surface area contributed by atoms with Crippen LogP contribution in [0.3, 0.4) is 0 Å². The summed E-state index contributed by atoms with van der Waals surface area (Å²) in [5.74, 6) is 2.73. The number of aromatic nitrogens is 1. The molecule has 2 aromatic rings. The number of hydrogen-bond donors (Lipinski definition) is 2. The van der Waals surface area contributed by atoms with Gasteiger partial charge in [-0.1, -0.05) is 37.2 Å². The average Bonchev–Trinajstić information content (AvgIpc) is 3.42. The molecule has 0 unspecified atom stereocenters. The SMILES string of the molecule is CCNC(=NCc1c(CC)noc1CC)NCC1(c2ccccc2OC)CC1. The summed E-state index contributed by atoms with van der Waals surface area (Å²) >= 11 is 0. The van der Waals surface area contributed by atoms with Gasteiger partial charge in [0, 0.05) is 36.1 Å². The van der Waals surface area contributed by atoms with Crippen LogP contribution in [0, 0.1) is 0 Å². The van der Waals surface area contributed by atoms with Crippen molar-refractivity contribution in [2.45, 2.75) is 58.4 Å². The third-order valence-electron chi connectivity index (χ3n) is 5.47. The van der Waals surface area contributed by atoms with Crippen LogP contribution in [-0.2, 0) is 24.8 Å². The molecule has 1 heterocycles. The lowest BCUT2D eigenvalue weighted by molar-refractivity contribution is 0.380. The molecule has 0 radical (unpaired) electrons. The number of aryl methyl sites for hydroxylation is 2. The van der Waals surface area contributed by atoms with Crippen molar-refractivity contribution in [3.63, 3.8) is 0 Å². The zero-order valence-corrected chi connectivity index (χ0v) is 17.5. The molecule has 1 aliphatic rings. The van der Waals surface area contributed by atoms with Crippen molar-refractivity contribution in [3.8, 4) is 5.75 Å². The van der Waals surface area contributed by atoms with Gasteiger partial charge in [-0.05, 0) is 32.3 Å². The van der Waals surface area contributed by atoms with Gasteiger partial charge in [0.25, 0.3) is 0 Å². The predicted octanol–water partition coefficient (Wildman–Crippen LogP) is 3.59. The molecule has 152 valence electrons. The molecule has 2 N–H and O–H groups in total. The Morgan fingerprint density at radius 1 is 1.18 bits per heavy atom. The van der Waals surface area contributed by atoms with E-state index >= 15 is 0 Å². The zero-order chi connectivity index (χ0) is 20.0. The summed E-state index contributed by atoms with van der Waals surface area (Å²) < 4.78 is 11.0. The molecular formula is C22H32N4O2. The van der Waals surface area contributed by atoms with Gasteiger partial charge in [-0.25, -0.2) is 4.99 Å². The van der Waals surface area contributed by atoms with Crippen molar-refractivity contribution < 1.29 is 9.26 Å². The number of guanidine groups is 1. The van der Waals surface area contributed by atoms with Gasteiger partial charge in [-0.2, -0.15) is 0 Å². The summed E-state index contributed by atoms with van der Waals surface area (Å²) in [6.45, 7) is 8.49. The van der Waals surface area contributed by atoms with E-state index in [1.165, 1.54) is 5.56 Å². The van der Waals surface area contributed by atoms with E-state index < -0.39 is 0 Å². The summed E-state index contributed by atoms with van der Waals surface area (Å²) in [6, 6.07) is 8.32. The molecule has 3 rings (SSSR count). The minimum Gasteiger partial charge on any atom is -0.496 e. The first kappa shape index (κ1) is 20.2. The Morgan fingerprint density at radius 3 is 2.61 bits per heavy atom. The van der Waals surface area contributed by atoms with Crippen LogP contribution in [0.15, 0.2) is 33.8 Å². The highest BCUT2D eigenvalue weighted by Gasteiger charge is 2.46. The minimum atomic E-state index is 0.128. The van der Waals surface area contributed by atoms with Crippen molar-refractivity contribution in [2.24, 2.45) is 4.99 Å². The predicted molar refractivity (Wildman–Crippen MR) is 112 cm³/mol. The monoisotopic (exact) mass is 384 g/mol. The van der Waals surface area contributed by atoms with E-state index in [4.69, 9.17) is 14.3 Å². The maximum atomic E-state index is 5.58. The van der Waals surface area contributed by atoms with Crippen LogP contribution in [0.1, 0.15) is 56.2 Å². The highest BCUT2D eigenvalue weighted by atomic mass is 16.5. The van der Waals surface area contributed by atoms with Gasteiger partial charge in [-0.3, -0.25) is 0 Å². The van der Waals surface area contributed by atoms with Crippen LogP contribution in [0.2, 0.25) is 0 Å². The Hall–Kier alpha value is -2.50. The molecule has 1 fully saturated rings. The molecular weight excluding hydrogens is 352 g/mol. The van der Waals surface area contributed by atoms with Gasteiger partial charge in [0.15, 0.2) is 5.96 Å². The molecule has 28 heavy (non-hydrogen) atoms. The molecule has 6 heteroatoms. The molecule has 0 atom stereocenters. The molecule has 1 aliphatic carbocycles. The molecule has 0 saturated heterocycles. The lowest BCUT2D eigenvalue weighted by Crippen LogP contribution is -2.41. The van der Waals surface area contributed by atoms with E-state index in [0.29, 0.717) is 6.54 Å². The molecule has 0 bridgehead atoms. The Kier molecular flexibility index (Phi) is 6.60. The van der Waals surface area contributed by atoms with Crippen LogP contribution >= 0.6 is 0 Å². The van der Waals surface area contributed by atoms with E-state index in [2.05, 4.69) is 48.7 Å². The van der Waals surface area contributed by atoms with Crippen molar-refractivity contribution in [2.75, 3.05) is 20.2 Å². The lowest BCUT2D eigenvalue weighted by atomic mass is 9.95. The summed E-state index contributed by atoms with van der Waals surface area (Å²) in [4.78, 5) is 4.80. The second kappa shape index (κ2) is 9.13. The van der Waals surface area contributed by atoms with E-state index in [-0.39, 0.29) is 5.41 Å². The molecule has 1 aromatic carbocycles. The number of nitrogens with one attached hydrogen (secondary N) is 2. The molecule has 1 saturated carbocycles. The molecule has 0 amide bonds. The zero-order valence-electron chi connectivity index (χ0n) is 17.5. The summed E-state index contributed by atoms with van der Waals surface area (Å²) in [5, 5.41) is 11.1. The Labute approximate surface area is 167 Å². The molecule has 1 aromatic heterocycles. The second-order valence-electron chi connectivity index (χ2n) is 7.27. The highest BCUT2D eigenvalue weighted by Crippen LogP contribution is 2.50. The fourth-order valence-corrected chi connectivity index (χ4v) is 3.64. The van der Waals surface area contributed by atoms with Crippen LogP contribution in [0.5, 0.6) is 5.75 Å². The largest absolute Gasteiger partial charge is 0.496 e. The normalized spacial score (nSPS) is 15.4. The fraction of sp³-hybridized carbons (Fsp3) is 0.545. The van der Waals surface area contributed by atoms with Crippen LogP contribution < -0.4 is 15.4 Å².